The van der Waals surface area contributed by atoms with Crippen LogP contribution < -0.4 is 9.80 Å². The Balaban J connectivity index is 1.72. The molecule has 1 atom stereocenters. The number of rotatable bonds is 10. The number of anilines is 2. The first-order chi connectivity index (χ1) is 14.9. The molecule has 0 aromatic heterocycles. The maximum atomic E-state index is 12.4. The highest BCUT2D eigenvalue weighted by molar-refractivity contribution is 5.89. The van der Waals surface area contributed by atoms with Crippen LogP contribution in [0, 0.1) is 0 Å². The fourth-order valence-electron chi connectivity index (χ4n) is 3.18. The number of hydrogen-bond donors (Lipinski definition) is 1. The second kappa shape index (κ2) is 10.2. The van der Waals surface area contributed by atoms with Gasteiger partial charge >= 0.3 is 5.97 Å². The van der Waals surface area contributed by atoms with Crippen molar-refractivity contribution in [3.8, 4) is 0 Å². The van der Waals surface area contributed by atoms with E-state index in [1.165, 1.54) is 0 Å². The molecule has 3 rings (SSSR count). The molecular weight excluding hydrogens is 396 g/mol. The number of benzene rings is 2. The molecule has 31 heavy (non-hydrogen) atoms. The van der Waals surface area contributed by atoms with Crippen LogP contribution in [-0.2, 0) is 32.2 Å². The highest BCUT2D eigenvalue weighted by Crippen LogP contribution is 2.29. The molecule has 1 aliphatic rings. The van der Waals surface area contributed by atoms with E-state index in [1.54, 1.807) is 0 Å². The topological polar surface area (TPSA) is 71.5 Å². The van der Waals surface area contributed by atoms with E-state index >= 15 is 0 Å². The Labute approximate surface area is 183 Å². The number of carbonyl (C=O) groups is 1. The molecule has 0 amide bonds. The first kappa shape index (κ1) is 22.5. The van der Waals surface area contributed by atoms with Crippen molar-refractivity contribution >= 4 is 17.3 Å². The molecular formula is C24H30N2O5. The lowest BCUT2D eigenvalue weighted by Gasteiger charge is -2.16. The Morgan fingerprint density at radius 2 is 1.32 bits per heavy atom. The molecule has 0 aliphatic carbocycles. The number of hydrogen-bond acceptors (Lipinski definition) is 7. The summed E-state index contributed by atoms with van der Waals surface area (Å²) in [6.07, 6.45) is -0.393. The minimum atomic E-state index is -0.648. The van der Waals surface area contributed by atoms with Gasteiger partial charge in [0.2, 0.25) is 5.76 Å². The van der Waals surface area contributed by atoms with Crippen LogP contribution >= 0.6 is 0 Å². The van der Waals surface area contributed by atoms with Crippen molar-refractivity contribution in [2.24, 2.45) is 0 Å². The highest BCUT2D eigenvalue weighted by Gasteiger charge is 2.37. The molecule has 1 aliphatic heterocycles. The summed E-state index contributed by atoms with van der Waals surface area (Å²) in [6.45, 7) is 0.363. The van der Waals surface area contributed by atoms with Crippen molar-refractivity contribution in [1.29, 1.82) is 0 Å². The van der Waals surface area contributed by atoms with Crippen molar-refractivity contribution in [2.45, 2.75) is 25.7 Å². The van der Waals surface area contributed by atoms with E-state index in [2.05, 4.69) is 0 Å². The molecule has 0 saturated heterocycles. The Kier molecular flexibility index (Phi) is 7.41. The molecule has 1 N–H and O–H groups in total. The zero-order valence-electron chi connectivity index (χ0n) is 18.5. The van der Waals surface area contributed by atoms with Crippen LogP contribution in [0.1, 0.15) is 17.5 Å². The van der Waals surface area contributed by atoms with Crippen molar-refractivity contribution in [2.75, 3.05) is 44.6 Å². The van der Waals surface area contributed by atoms with Gasteiger partial charge in [0.25, 0.3) is 0 Å². The smallest absolute Gasteiger partial charge is 0.378 e. The number of nitrogens with zero attached hydrogens (tertiary/aromatic N) is 2. The third kappa shape index (κ3) is 5.70. The Morgan fingerprint density at radius 3 is 1.77 bits per heavy atom. The minimum Gasteiger partial charge on any atom is -0.485 e. The van der Waals surface area contributed by atoms with Crippen molar-refractivity contribution in [3.05, 3.63) is 71.2 Å². The molecule has 166 valence electrons. The van der Waals surface area contributed by atoms with Gasteiger partial charge in [-0.15, -0.1) is 0 Å². The molecule has 0 bridgehead atoms. The summed E-state index contributed by atoms with van der Waals surface area (Å²) in [4.78, 5) is 16.4. The van der Waals surface area contributed by atoms with Gasteiger partial charge in [-0.3, -0.25) is 0 Å². The van der Waals surface area contributed by atoms with E-state index in [0.29, 0.717) is 5.76 Å². The van der Waals surface area contributed by atoms with E-state index in [1.807, 2.05) is 86.5 Å². The maximum Gasteiger partial charge on any atom is 0.378 e. The fourth-order valence-corrected chi connectivity index (χ4v) is 3.18. The van der Waals surface area contributed by atoms with Crippen molar-refractivity contribution < 1.29 is 24.1 Å². The summed E-state index contributed by atoms with van der Waals surface area (Å²) in [7, 11) is 7.91. The van der Waals surface area contributed by atoms with Gasteiger partial charge in [-0.05, 0) is 35.4 Å². The van der Waals surface area contributed by atoms with Crippen LogP contribution in [0.5, 0.6) is 0 Å². The zero-order valence-corrected chi connectivity index (χ0v) is 18.5. The summed E-state index contributed by atoms with van der Waals surface area (Å²) >= 11 is 0. The number of aliphatic hydroxyl groups is 1. The molecule has 0 spiro atoms. The molecule has 7 heteroatoms. The van der Waals surface area contributed by atoms with E-state index in [9.17, 15) is 9.90 Å². The zero-order chi connectivity index (χ0) is 22.4. The number of cyclic esters (lactones) is 1. The number of aliphatic hydroxyl groups excluding tert-OH is 1. The molecule has 1 unspecified atom stereocenters. The van der Waals surface area contributed by atoms with Gasteiger partial charge in [-0.25, -0.2) is 4.79 Å². The Bertz CT molecular complexity index is 905. The maximum absolute atomic E-state index is 12.4. The number of ether oxygens (including phenoxy) is 3. The molecule has 0 radical (unpaired) electrons. The summed E-state index contributed by atoms with van der Waals surface area (Å²) < 4.78 is 17.1. The van der Waals surface area contributed by atoms with Crippen LogP contribution in [0.4, 0.5) is 11.4 Å². The second-order valence-corrected chi connectivity index (χ2v) is 7.80. The lowest BCUT2D eigenvalue weighted by atomic mass is 10.2. The molecule has 2 aromatic rings. The van der Waals surface area contributed by atoms with Gasteiger partial charge in [0.15, 0.2) is 11.9 Å². The van der Waals surface area contributed by atoms with E-state index < -0.39 is 12.1 Å². The summed E-state index contributed by atoms with van der Waals surface area (Å²) in [6, 6.07) is 15.8. The fraction of sp³-hybridized carbons (Fsp3) is 0.375. The van der Waals surface area contributed by atoms with Crippen LogP contribution in [0.2, 0.25) is 0 Å². The van der Waals surface area contributed by atoms with Gasteiger partial charge in [0, 0.05) is 52.6 Å². The number of esters is 1. The monoisotopic (exact) mass is 426 g/mol. The number of carbonyl (C=O) groups excluding carboxylic acids is 1. The van der Waals surface area contributed by atoms with Gasteiger partial charge in [0.05, 0.1) is 0 Å². The quantitative estimate of drug-likeness (QED) is 0.586. The predicted molar refractivity (Wildman–Crippen MR) is 120 cm³/mol. The summed E-state index contributed by atoms with van der Waals surface area (Å²) in [5, 5.41) is 9.34. The molecule has 1 heterocycles. The lowest BCUT2D eigenvalue weighted by molar-refractivity contribution is -0.143. The van der Waals surface area contributed by atoms with Crippen LogP contribution in [0.15, 0.2) is 60.0 Å². The van der Waals surface area contributed by atoms with Crippen molar-refractivity contribution in [1.82, 2.24) is 0 Å². The largest absolute Gasteiger partial charge is 0.485 e. The molecule has 2 aromatic carbocycles. The average molecular weight is 427 g/mol. The first-order valence-corrected chi connectivity index (χ1v) is 10.2. The molecule has 7 nitrogen and oxygen atoms in total. The molecule has 0 fully saturated rings. The third-order valence-corrected chi connectivity index (χ3v) is 5.03. The molecule has 0 saturated carbocycles. The predicted octanol–water partition coefficient (Wildman–Crippen LogP) is 3.07. The normalized spacial score (nSPS) is 15.6. The van der Waals surface area contributed by atoms with E-state index in [4.69, 9.17) is 14.2 Å². The average Bonchev–Trinajstić information content (AvgIpc) is 3.05. The third-order valence-electron chi connectivity index (χ3n) is 5.03. The first-order valence-electron chi connectivity index (χ1n) is 10.2. The van der Waals surface area contributed by atoms with Crippen LogP contribution in [-0.4, -0.2) is 52.0 Å². The SMILES string of the molecule is CN(C)c1ccc(COC2=C(OCc3ccc(N(C)C)cc3)C(CCO)OC2=O)cc1. The lowest BCUT2D eigenvalue weighted by Crippen LogP contribution is -2.15. The van der Waals surface area contributed by atoms with Gasteiger partial charge < -0.3 is 29.1 Å². The Hall–Kier alpha value is -3.19. The minimum absolute atomic E-state index is 0.0695. The Morgan fingerprint density at radius 1 is 0.839 bits per heavy atom. The second-order valence-electron chi connectivity index (χ2n) is 7.80. The van der Waals surface area contributed by atoms with Crippen molar-refractivity contribution in [3.63, 3.8) is 0 Å². The van der Waals surface area contributed by atoms with Crippen LogP contribution in [0.25, 0.3) is 0 Å². The standard InChI is InChI=1S/C24H30N2O5/c1-25(2)19-9-5-17(6-10-19)15-29-22-21(13-14-27)31-24(28)23(22)30-16-18-7-11-20(12-8-18)26(3)4/h5-12,21,27H,13-16H2,1-4H3. The van der Waals surface area contributed by atoms with Gasteiger partial charge in [-0.2, -0.15) is 0 Å². The van der Waals surface area contributed by atoms with E-state index in [-0.39, 0.29) is 32.0 Å². The van der Waals surface area contributed by atoms with E-state index in [0.717, 1.165) is 22.5 Å². The summed E-state index contributed by atoms with van der Waals surface area (Å²) in [5.41, 5.74) is 4.05. The highest BCUT2D eigenvalue weighted by atomic mass is 16.6. The summed E-state index contributed by atoms with van der Waals surface area (Å²) in [5.74, 6) is -0.165. The van der Waals surface area contributed by atoms with Gasteiger partial charge in [-0.1, -0.05) is 24.3 Å². The van der Waals surface area contributed by atoms with Crippen LogP contribution in [0.3, 0.4) is 0 Å². The van der Waals surface area contributed by atoms with Gasteiger partial charge in [0.1, 0.15) is 13.2 Å².